The first-order valence-electron chi connectivity index (χ1n) is 31.0. The molecular weight excluding hydrogens is 1710 g/mol. The number of hydrogen-bond acceptors (Lipinski definition) is 55. The van der Waals surface area contributed by atoms with Crippen LogP contribution in [0.2, 0.25) is 0 Å². The van der Waals surface area contributed by atoms with Crippen molar-refractivity contribution in [1.82, 2.24) is 0 Å². The molecule has 0 aliphatic carbocycles. The lowest BCUT2D eigenvalue weighted by Gasteiger charge is -2.52. The number of rotatable bonds is 52. The van der Waals surface area contributed by atoms with Crippen molar-refractivity contribution in [3.8, 4) is 0 Å². The van der Waals surface area contributed by atoms with Crippen LogP contribution in [0.25, 0.3) is 0 Å². The summed E-state index contributed by atoms with van der Waals surface area (Å²) in [6, 6.07) is 0. The first kappa shape index (κ1) is 99.1. The Morgan fingerprint density at radius 3 is 0.739 bits per heavy atom. The van der Waals surface area contributed by atoms with E-state index in [2.05, 4.69) is 45.9 Å². The molecule has 0 spiro atoms. The molecule has 6 fully saturated rings. The van der Waals surface area contributed by atoms with Crippen molar-refractivity contribution in [2.75, 3.05) is 125 Å². The van der Waals surface area contributed by atoms with Gasteiger partial charge in [-0.25, -0.2) is 37.8 Å². The van der Waals surface area contributed by atoms with E-state index in [4.69, 9.17) is 150 Å². The van der Waals surface area contributed by atoms with Gasteiger partial charge in [-0.2, -0.15) is 33.7 Å². The van der Waals surface area contributed by atoms with Gasteiger partial charge < -0.3 is 109 Å². The van der Waals surface area contributed by atoms with Gasteiger partial charge in [0.05, 0.1) is 39.6 Å². The van der Waals surface area contributed by atoms with Crippen LogP contribution >= 0.6 is 49.3 Å². The fourth-order valence-corrected chi connectivity index (χ4v) is 15.3. The molecule has 6 aliphatic rings. The summed E-state index contributed by atoms with van der Waals surface area (Å²) in [6.45, 7) is -4.95. The van der Waals surface area contributed by atoms with E-state index in [1.54, 1.807) is 0 Å². The van der Waals surface area contributed by atoms with E-state index in [1.807, 2.05) is 0 Å². The Kier molecular flexibility index (Phi) is 43.5. The summed E-state index contributed by atoms with van der Waals surface area (Å²) in [5.41, 5.74) is 0. The van der Waals surface area contributed by atoms with E-state index in [0.29, 0.717) is 0 Å². The first-order chi connectivity index (χ1) is 52.9. The molecule has 0 aromatic rings. The maximum absolute atomic E-state index is 13.1. The van der Waals surface area contributed by atoms with Crippen LogP contribution in [0.15, 0.2) is 0 Å². The molecule has 0 aromatic heterocycles. The molecule has 111 heavy (non-hydrogen) atoms. The van der Waals surface area contributed by atoms with E-state index in [0.717, 1.165) is 14.2 Å². The zero-order valence-electron chi connectivity index (χ0n) is 59.6. The summed E-state index contributed by atoms with van der Waals surface area (Å²) in [6.07, 6.45) is -51.3. The molecule has 0 amide bonds. The molecule has 6 rings (SSSR count). The minimum Gasteiger partial charge on any atom is -0.382 e. The normalized spacial score (nSPS) is 37.5. The summed E-state index contributed by atoms with van der Waals surface area (Å²) in [5, 5.41) is 50.2. The maximum atomic E-state index is 13.1. The molecule has 8 N–H and O–H groups in total. The van der Waals surface area contributed by atoms with Gasteiger partial charge in [-0.3, -0.25) is 34.9 Å². The minimum absolute atomic E-state index is 0.00646. The molecule has 63 heteroatoms. The highest BCUT2D eigenvalue weighted by molar-refractivity contribution is 7.90. The molecule has 6 heterocycles. The monoisotopic (exact) mass is 1800 g/mol. The van der Waals surface area contributed by atoms with Crippen molar-refractivity contribution in [3.63, 3.8) is 0 Å². The van der Waals surface area contributed by atoms with Gasteiger partial charge in [0.25, 0.3) is 0 Å². The topological polar surface area (TPSA) is 658 Å². The number of ether oxygens (including phenoxy) is 23. The molecule has 656 valence electrons. The number of hydrogen-bond donors (Lipinski definition) is 8. The maximum Gasteiger partial charge on any atom is 0.397 e. The Morgan fingerprint density at radius 1 is 0.252 bits per heavy atom. The Labute approximate surface area is 649 Å². The molecule has 6 aliphatic heterocycles. The summed E-state index contributed by atoms with van der Waals surface area (Å²) in [5.74, 6) is 0. The molecule has 55 nitrogen and oxygen atoms in total. The van der Waals surface area contributed by atoms with Crippen LogP contribution in [0.1, 0.15) is 0 Å². The third-order valence-corrected chi connectivity index (χ3v) is 20.1. The lowest BCUT2D eigenvalue weighted by Crippen LogP contribution is -2.69. The second-order valence-electron chi connectivity index (χ2n) is 22.7. The molecule has 0 saturated carbocycles. The fraction of sp³-hybridized carbons (Fsp3) is 1.00. The Balaban J connectivity index is 1.40. The molecule has 30 atom stereocenters. The van der Waals surface area contributed by atoms with Gasteiger partial charge in [0.15, 0.2) is 99.2 Å². The van der Waals surface area contributed by atoms with Crippen LogP contribution in [0.4, 0.5) is 0 Å². The first-order valence-corrected chi connectivity index (χ1v) is 39.2. The Morgan fingerprint density at radius 2 is 0.477 bits per heavy atom. The average molecular weight is 1800 g/mol. The van der Waals surface area contributed by atoms with E-state index in [-0.39, 0.29) is 56.8 Å². The smallest absolute Gasteiger partial charge is 0.382 e. The van der Waals surface area contributed by atoms with E-state index in [9.17, 15) is 57.1 Å². The van der Waals surface area contributed by atoms with Gasteiger partial charge in [0.2, 0.25) is 0 Å². The largest absolute Gasteiger partial charge is 0.397 e. The predicted molar refractivity (Wildman–Crippen MR) is 343 cm³/mol. The van der Waals surface area contributed by atoms with Gasteiger partial charge in [-0.05, 0) is 0 Å². The molecule has 12 unspecified atom stereocenters. The number of methoxy groups -OCH3 is 12. The van der Waals surface area contributed by atoms with Crippen LogP contribution in [0.5, 0.6) is 0 Å². The third kappa shape index (κ3) is 28.7. The van der Waals surface area contributed by atoms with Crippen molar-refractivity contribution in [2.45, 2.75) is 184 Å². The van der Waals surface area contributed by atoms with Gasteiger partial charge in [0.1, 0.15) is 134 Å². The second kappa shape index (κ2) is 48.7. The SMILES string of the molecule is COCC1OC(O[C@H]2C(OC)C(OC)[C@@H](O[C@H]3C(OC)C(OC)[C@@H](OC)O[C@@H]3COC)O[C@@H]2COC)[C@H](OC)[C@@H](OC)[C@H]1O[C@@H]1OC(COS(=O)(=O)O)[C@H](O[C@H]2O[C@H](COS(=O)(=O)O)[C@@H](O[C@H]3O[C@H](COS(=O)(=O)O)[C@@H](OSOOO)C(OSOOO)C3OSOOO)C(OSOOO)C2OS(=O)(=O)O)[C@H](OC)C1OC. The summed E-state index contributed by atoms with van der Waals surface area (Å²) in [7, 11) is -7.04. The zero-order valence-corrected chi connectivity index (χ0v) is 66.1. The third-order valence-electron chi connectivity index (χ3n) is 16.6. The van der Waals surface area contributed by atoms with E-state index < -0.39 is 258 Å². The zero-order chi connectivity index (χ0) is 82.0. The van der Waals surface area contributed by atoms with Crippen molar-refractivity contribution >= 4 is 90.9 Å². The molecule has 0 bridgehead atoms. The molecular formula is C48H86O55S8. The van der Waals surface area contributed by atoms with Gasteiger partial charge in [-0.1, -0.05) is 20.2 Å². The van der Waals surface area contributed by atoms with Crippen LogP contribution in [0, 0.1) is 0 Å². The second-order valence-corrected chi connectivity index (χ2v) is 28.9. The average Bonchev–Trinajstić information content (AvgIpc) is 0.762. The van der Waals surface area contributed by atoms with Crippen molar-refractivity contribution in [2.24, 2.45) is 0 Å². The molecule has 0 aromatic carbocycles. The van der Waals surface area contributed by atoms with E-state index in [1.165, 1.54) is 71.1 Å². The summed E-state index contributed by atoms with van der Waals surface area (Å²) >= 11 is -1.41. The van der Waals surface area contributed by atoms with Crippen molar-refractivity contribution in [3.05, 3.63) is 0 Å². The van der Waals surface area contributed by atoms with Gasteiger partial charge in [0, 0.05) is 85.3 Å². The molecule has 6 saturated heterocycles. The highest BCUT2D eigenvalue weighted by Gasteiger charge is 2.62. The highest BCUT2D eigenvalue weighted by atomic mass is 32.3. The van der Waals surface area contributed by atoms with Crippen molar-refractivity contribution < 1.29 is 253 Å². The van der Waals surface area contributed by atoms with Gasteiger partial charge >= 0.3 is 41.6 Å². The Hall–Kier alpha value is -0.680. The van der Waals surface area contributed by atoms with Crippen LogP contribution in [-0.4, -0.2) is 382 Å². The molecule has 0 radical (unpaired) electrons. The lowest BCUT2D eigenvalue weighted by atomic mass is 9.94. The highest BCUT2D eigenvalue weighted by Crippen LogP contribution is 2.44. The fourth-order valence-electron chi connectivity index (χ4n) is 12.4. The summed E-state index contributed by atoms with van der Waals surface area (Å²) in [4.78, 5) is 0. The van der Waals surface area contributed by atoms with Crippen LogP contribution in [0.3, 0.4) is 0 Å². The minimum atomic E-state index is -6.01. The quantitative estimate of drug-likeness (QED) is 0.00995. The summed E-state index contributed by atoms with van der Waals surface area (Å²) < 4.78 is 339. The lowest BCUT2D eigenvalue weighted by molar-refractivity contribution is -0.437. The van der Waals surface area contributed by atoms with Crippen LogP contribution < -0.4 is 0 Å². The van der Waals surface area contributed by atoms with Crippen molar-refractivity contribution in [1.29, 1.82) is 0 Å². The predicted octanol–water partition coefficient (Wildman–Crippen LogP) is -2.91. The van der Waals surface area contributed by atoms with Crippen LogP contribution in [-0.2, 0) is 221 Å². The van der Waals surface area contributed by atoms with E-state index >= 15 is 0 Å². The Bertz CT molecular complexity index is 3080. The van der Waals surface area contributed by atoms with Gasteiger partial charge in [-0.15, -0.1) is 17.3 Å². The standard InChI is InChI=1S/C48H86O55S8/c1-65-13-19-25(31(68-4)37(72-8)43(76-12)80-19)86-44-38(73-9)32(69-5)26(20(81-44)14-66-2)87-45-39(74-10)33(70-6)27(21(82-45)15-67-3)88-46-40(75-11)34(71-7)28(22(83-46)16-77-108(53,54)55)89-48-42(95-111(62,63)64)35(92-105-101-97-50)29(23(84-48)17-78-109(56,57)58)90-47-41(94-107-103-99-52)36(93-106-102-98-51)30(91-104-100-96-49)24(85-47)18-79-110(59,60)61/h19-52H,13-18H2,1-12H3,(H,53,54,55)(H,56,57,58)(H,59,60,61)(H,62,63,64)/t19-,20-,21?,22?,23-,24-,25-,26-,27+,28+,29-,30-,31?,32?,33+,34+,35?,36?,37?,38?,39-,40?,41?,42?,43+,44-,45?,46+,47-,48-/m1/s1.